The second-order valence-corrected chi connectivity index (χ2v) is 7.41. The molecule has 0 saturated carbocycles. The molecule has 1 aromatic rings. The van der Waals surface area contributed by atoms with Crippen LogP contribution >= 0.6 is 0 Å². The Hall–Kier alpha value is -1.93. The molecular formula is C15H22N2O5S. The first-order valence-corrected chi connectivity index (χ1v) is 9.00. The minimum atomic E-state index is -3.45. The van der Waals surface area contributed by atoms with E-state index in [0.29, 0.717) is 13.0 Å². The van der Waals surface area contributed by atoms with Crippen molar-refractivity contribution in [3.8, 4) is 0 Å². The number of carboxylic acids is 1. The predicted octanol–water partition coefficient (Wildman–Crippen LogP) is 0.771. The van der Waals surface area contributed by atoms with Crippen LogP contribution < -0.4 is 0 Å². The number of likely N-dealkylation sites (N-methyl/N-ethyl adjacent to an activating group) is 1. The lowest BCUT2D eigenvalue weighted by molar-refractivity contribution is -0.138. The molecule has 23 heavy (non-hydrogen) atoms. The summed E-state index contributed by atoms with van der Waals surface area (Å²) < 4.78 is 23.8. The van der Waals surface area contributed by atoms with Crippen LogP contribution in [0.3, 0.4) is 0 Å². The Morgan fingerprint density at radius 1 is 1.17 bits per heavy atom. The van der Waals surface area contributed by atoms with E-state index >= 15 is 0 Å². The van der Waals surface area contributed by atoms with Crippen LogP contribution in [0.25, 0.3) is 0 Å². The van der Waals surface area contributed by atoms with Crippen LogP contribution in [0.1, 0.15) is 18.4 Å². The van der Waals surface area contributed by atoms with Crippen LogP contribution in [-0.2, 0) is 26.2 Å². The van der Waals surface area contributed by atoms with Crippen LogP contribution in [0.15, 0.2) is 30.3 Å². The lowest BCUT2D eigenvalue weighted by Crippen LogP contribution is -2.41. The Morgan fingerprint density at radius 3 is 2.30 bits per heavy atom. The van der Waals surface area contributed by atoms with Gasteiger partial charge in [0.25, 0.3) is 0 Å². The van der Waals surface area contributed by atoms with E-state index in [1.54, 1.807) is 0 Å². The van der Waals surface area contributed by atoms with Crippen LogP contribution in [0.4, 0.5) is 0 Å². The Bertz CT molecular complexity index is 631. The van der Waals surface area contributed by atoms with Crippen molar-refractivity contribution < 1.29 is 23.1 Å². The lowest BCUT2D eigenvalue weighted by Gasteiger charge is -2.25. The SMILES string of the molecule is CN(CC(=O)N(CCCC(=O)O)Cc1ccccc1)S(C)(=O)=O. The first-order valence-electron chi connectivity index (χ1n) is 7.15. The van der Waals surface area contributed by atoms with Crippen LogP contribution in [0, 0.1) is 0 Å². The average molecular weight is 342 g/mol. The maximum Gasteiger partial charge on any atom is 0.303 e. The fourth-order valence-electron chi connectivity index (χ4n) is 1.92. The minimum Gasteiger partial charge on any atom is -0.481 e. The van der Waals surface area contributed by atoms with Gasteiger partial charge in [-0.15, -0.1) is 0 Å². The summed E-state index contributed by atoms with van der Waals surface area (Å²) in [6.45, 7) is 0.313. The zero-order chi connectivity index (χ0) is 17.5. The molecule has 1 N–H and O–H groups in total. The summed E-state index contributed by atoms with van der Waals surface area (Å²) in [6, 6.07) is 9.27. The molecule has 0 aliphatic heterocycles. The largest absolute Gasteiger partial charge is 0.481 e. The van der Waals surface area contributed by atoms with Crippen molar-refractivity contribution in [3.63, 3.8) is 0 Å². The molecular weight excluding hydrogens is 320 g/mol. The third-order valence-corrected chi connectivity index (χ3v) is 4.57. The second kappa shape index (κ2) is 8.64. The Balaban J connectivity index is 2.76. The average Bonchev–Trinajstić information content (AvgIpc) is 2.45. The van der Waals surface area contributed by atoms with Crippen molar-refractivity contribution in [1.29, 1.82) is 0 Å². The Morgan fingerprint density at radius 2 is 1.78 bits per heavy atom. The van der Waals surface area contributed by atoms with E-state index in [4.69, 9.17) is 5.11 Å². The van der Waals surface area contributed by atoms with E-state index < -0.39 is 16.0 Å². The summed E-state index contributed by atoms with van der Waals surface area (Å²) in [5.74, 6) is -1.28. The quantitative estimate of drug-likeness (QED) is 0.715. The van der Waals surface area contributed by atoms with Crippen molar-refractivity contribution >= 4 is 21.9 Å². The van der Waals surface area contributed by atoms with E-state index in [2.05, 4.69) is 0 Å². The van der Waals surface area contributed by atoms with Gasteiger partial charge in [-0.05, 0) is 12.0 Å². The lowest BCUT2D eigenvalue weighted by atomic mass is 10.2. The number of nitrogens with zero attached hydrogens (tertiary/aromatic N) is 2. The zero-order valence-electron chi connectivity index (χ0n) is 13.3. The van der Waals surface area contributed by atoms with Gasteiger partial charge in [0, 0.05) is 26.6 Å². The van der Waals surface area contributed by atoms with E-state index in [-0.39, 0.29) is 25.4 Å². The highest BCUT2D eigenvalue weighted by Gasteiger charge is 2.20. The van der Waals surface area contributed by atoms with Gasteiger partial charge in [-0.2, -0.15) is 4.31 Å². The Labute approximate surface area is 136 Å². The summed E-state index contributed by atoms with van der Waals surface area (Å²) in [6.07, 6.45) is 1.31. The summed E-state index contributed by atoms with van der Waals surface area (Å²) in [5, 5.41) is 8.72. The molecule has 0 saturated heterocycles. The Kier molecular flexibility index (Phi) is 7.18. The van der Waals surface area contributed by atoms with Crippen molar-refractivity contribution in [3.05, 3.63) is 35.9 Å². The van der Waals surface area contributed by atoms with Gasteiger partial charge in [0.15, 0.2) is 0 Å². The van der Waals surface area contributed by atoms with Gasteiger partial charge in [-0.25, -0.2) is 8.42 Å². The van der Waals surface area contributed by atoms with Gasteiger partial charge in [0.2, 0.25) is 15.9 Å². The summed E-state index contributed by atoms with van der Waals surface area (Å²) >= 11 is 0. The number of aliphatic carboxylic acids is 1. The predicted molar refractivity (Wildman–Crippen MR) is 86.2 cm³/mol. The highest BCUT2D eigenvalue weighted by atomic mass is 32.2. The molecule has 0 spiro atoms. The fraction of sp³-hybridized carbons (Fsp3) is 0.467. The summed E-state index contributed by atoms with van der Waals surface area (Å²) in [7, 11) is -2.11. The van der Waals surface area contributed by atoms with Gasteiger partial charge < -0.3 is 10.0 Å². The van der Waals surface area contributed by atoms with E-state index in [1.807, 2.05) is 30.3 Å². The molecule has 1 aromatic carbocycles. The summed E-state index contributed by atoms with van der Waals surface area (Å²) in [5.41, 5.74) is 0.901. The summed E-state index contributed by atoms with van der Waals surface area (Å²) in [4.78, 5) is 24.5. The standard InChI is InChI=1S/C15H22N2O5S/c1-16(23(2,21)22)12-14(18)17(10-6-9-15(19)20)11-13-7-4-3-5-8-13/h3-5,7-8H,6,9-12H2,1-2H3,(H,19,20). The molecule has 0 atom stereocenters. The minimum absolute atomic E-state index is 0.0412. The third-order valence-electron chi connectivity index (χ3n) is 3.31. The fourth-order valence-corrected chi connectivity index (χ4v) is 2.27. The van der Waals surface area contributed by atoms with Crippen LogP contribution in [-0.4, -0.2) is 61.0 Å². The topological polar surface area (TPSA) is 95.0 Å². The number of hydrogen-bond acceptors (Lipinski definition) is 4. The smallest absolute Gasteiger partial charge is 0.303 e. The number of carboxylic acid groups (broad SMARTS) is 1. The highest BCUT2D eigenvalue weighted by Crippen LogP contribution is 2.08. The van der Waals surface area contributed by atoms with Crippen LogP contribution in [0.2, 0.25) is 0 Å². The van der Waals surface area contributed by atoms with Gasteiger partial charge >= 0.3 is 5.97 Å². The van der Waals surface area contributed by atoms with Crippen LogP contribution in [0.5, 0.6) is 0 Å². The molecule has 0 radical (unpaired) electrons. The molecule has 1 amide bonds. The van der Waals surface area contributed by atoms with E-state index in [0.717, 1.165) is 16.1 Å². The molecule has 0 fully saturated rings. The number of carbonyl (C=O) groups excluding carboxylic acids is 1. The third kappa shape index (κ3) is 7.25. The van der Waals surface area contributed by atoms with Crippen molar-refractivity contribution in [1.82, 2.24) is 9.21 Å². The number of carbonyl (C=O) groups is 2. The number of benzene rings is 1. The molecule has 0 aromatic heterocycles. The van der Waals surface area contributed by atoms with E-state index in [1.165, 1.54) is 11.9 Å². The van der Waals surface area contributed by atoms with Gasteiger partial charge in [0.05, 0.1) is 12.8 Å². The molecule has 7 nitrogen and oxygen atoms in total. The molecule has 1 rings (SSSR count). The highest BCUT2D eigenvalue weighted by molar-refractivity contribution is 7.88. The van der Waals surface area contributed by atoms with Crippen molar-refractivity contribution in [2.45, 2.75) is 19.4 Å². The number of sulfonamides is 1. The molecule has 0 unspecified atom stereocenters. The van der Waals surface area contributed by atoms with Gasteiger partial charge in [0.1, 0.15) is 0 Å². The van der Waals surface area contributed by atoms with Gasteiger partial charge in [-0.3, -0.25) is 9.59 Å². The molecule has 0 bridgehead atoms. The number of hydrogen-bond donors (Lipinski definition) is 1. The first kappa shape index (κ1) is 19.1. The normalized spacial score (nSPS) is 11.4. The maximum atomic E-state index is 12.4. The molecule has 0 heterocycles. The van der Waals surface area contributed by atoms with E-state index in [9.17, 15) is 18.0 Å². The molecule has 128 valence electrons. The molecule has 0 aliphatic carbocycles. The monoisotopic (exact) mass is 342 g/mol. The first-order chi connectivity index (χ1) is 10.7. The number of rotatable bonds is 9. The zero-order valence-corrected chi connectivity index (χ0v) is 14.1. The number of amides is 1. The maximum absolute atomic E-state index is 12.4. The van der Waals surface area contributed by atoms with Gasteiger partial charge in [-0.1, -0.05) is 30.3 Å². The second-order valence-electron chi connectivity index (χ2n) is 5.32. The molecule has 0 aliphatic rings. The molecule has 8 heteroatoms. The van der Waals surface area contributed by atoms with Crippen molar-refractivity contribution in [2.75, 3.05) is 26.4 Å². The van der Waals surface area contributed by atoms with Crippen molar-refractivity contribution in [2.24, 2.45) is 0 Å².